The van der Waals surface area contributed by atoms with E-state index in [4.69, 9.17) is 0 Å². The SMILES string of the molecule is Cc1cccn(CCc2ccc(Br)cc2)c1=O. The molecule has 2 aromatic rings. The van der Waals surface area contributed by atoms with E-state index in [1.165, 1.54) is 5.56 Å². The Bertz CT molecular complexity index is 557. The van der Waals surface area contributed by atoms with Crippen molar-refractivity contribution in [1.82, 2.24) is 4.57 Å². The van der Waals surface area contributed by atoms with Crippen molar-refractivity contribution >= 4 is 15.9 Å². The van der Waals surface area contributed by atoms with Crippen LogP contribution in [0.1, 0.15) is 11.1 Å². The van der Waals surface area contributed by atoms with Crippen molar-refractivity contribution in [1.29, 1.82) is 0 Å². The van der Waals surface area contributed by atoms with Gasteiger partial charge in [0, 0.05) is 22.8 Å². The Morgan fingerprint density at radius 3 is 2.59 bits per heavy atom. The van der Waals surface area contributed by atoms with E-state index in [1.54, 1.807) is 4.57 Å². The fourth-order valence-electron chi connectivity index (χ4n) is 1.73. The first-order chi connectivity index (χ1) is 8.16. The van der Waals surface area contributed by atoms with E-state index in [2.05, 4.69) is 28.1 Å². The van der Waals surface area contributed by atoms with E-state index < -0.39 is 0 Å². The molecule has 1 heterocycles. The molecule has 0 aliphatic heterocycles. The van der Waals surface area contributed by atoms with Crippen LogP contribution in [0.4, 0.5) is 0 Å². The first-order valence-electron chi connectivity index (χ1n) is 5.57. The zero-order valence-electron chi connectivity index (χ0n) is 9.69. The number of hydrogen-bond acceptors (Lipinski definition) is 1. The summed E-state index contributed by atoms with van der Waals surface area (Å²) >= 11 is 3.41. The van der Waals surface area contributed by atoms with Crippen LogP contribution in [0.5, 0.6) is 0 Å². The first-order valence-corrected chi connectivity index (χ1v) is 6.36. The van der Waals surface area contributed by atoms with Gasteiger partial charge >= 0.3 is 0 Å². The van der Waals surface area contributed by atoms with Crippen LogP contribution in [-0.2, 0) is 13.0 Å². The maximum atomic E-state index is 11.8. The minimum absolute atomic E-state index is 0.101. The molecule has 1 aromatic carbocycles. The molecule has 1 aromatic heterocycles. The Morgan fingerprint density at radius 2 is 1.88 bits per heavy atom. The van der Waals surface area contributed by atoms with Crippen molar-refractivity contribution in [2.24, 2.45) is 0 Å². The van der Waals surface area contributed by atoms with Gasteiger partial charge < -0.3 is 4.57 Å². The smallest absolute Gasteiger partial charge is 0.253 e. The zero-order chi connectivity index (χ0) is 12.3. The Kier molecular flexibility index (Phi) is 3.79. The summed E-state index contributed by atoms with van der Waals surface area (Å²) in [6.45, 7) is 2.57. The maximum absolute atomic E-state index is 11.8. The predicted octanol–water partition coefficient (Wildman–Crippen LogP) is 3.16. The van der Waals surface area contributed by atoms with Crippen molar-refractivity contribution in [3.05, 3.63) is 68.5 Å². The average Bonchev–Trinajstić information content (AvgIpc) is 2.33. The van der Waals surface area contributed by atoms with Crippen molar-refractivity contribution in [2.75, 3.05) is 0 Å². The third kappa shape index (κ3) is 3.07. The molecule has 3 heteroatoms. The lowest BCUT2D eigenvalue weighted by atomic mass is 10.1. The second-order valence-corrected chi connectivity index (χ2v) is 4.98. The maximum Gasteiger partial charge on any atom is 0.253 e. The van der Waals surface area contributed by atoms with Gasteiger partial charge in [0.25, 0.3) is 5.56 Å². The molecule has 2 rings (SSSR count). The van der Waals surface area contributed by atoms with Crippen LogP contribution in [0.3, 0.4) is 0 Å². The summed E-state index contributed by atoms with van der Waals surface area (Å²) < 4.78 is 2.84. The number of halogens is 1. The molecule has 0 bridgehead atoms. The van der Waals surface area contributed by atoms with Crippen LogP contribution in [0.15, 0.2) is 51.9 Å². The predicted molar refractivity (Wildman–Crippen MR) is 73.3 cm³/mol. The fourth-order valence-corrected chi connectivity index (χ4v) is 2.00. The molecule has 0 spiro atoms. The Labute approximate surface area is 109 Å². The molecule has 0 atom stereocenters. The third-order valence-electron chi connectivity index (χ3n) is 2.77. The van der Waals surface area contributed by atoms with Gasteiger partial charge in [-0.05, 0) is 37.1 Å². The second-order valence-electron chi connectivity index (χ2n) is 4.07. The monoisotopic (exact) mass is 291 g/mol. The summed E-state index contributed by atoms with van der Waals surface area (Å²) in [6, 6.07) is 12.0. The molecule has 0 saturated heterocycles. The molecule has 0 radical (unpaired) electrons. The Morgan fingerprint density at radius 1 is 1.18 bits per heavy atom. The van der Waals surface area contributed by atoms with Gasteiger partial charge in [0.1, 0.15) is 0 Å². The number of hydrogen-bond donors (Lipinski definition) is 0. The number of benzene rings is 1. The summed E-state index contributed by atoms with van der Waals surface area (Å²) in [5.74, 6) is 0. The highest BCUT2D eigenvalue weighted by Gasteiger charge is 1.99. The molecular formula is C14H14BrNO. The van der Waals surface area contributed by atoms with E-state index in [-0.39, 0.29) is 5.56 Å². The number of aromatic nitrogens is 1. The summed E-state index contributed by atoms with van der Waals surface area (Å²) in [4.78, 5) is 11.8. The van der Waals surface area contributed by atoms with Crippen LogP contribution in [0, 0.1) is 6.92 Å². The molecular weight excluding hydrogens is 278 g/mol. The van der Waals surface area contributed by atoms with E-state index in [0.29, 0.717) is 0 Å². The highest BCUT2D eigenvalue weighted by atomic mass is 79.9. The molecule has 0 aliphatic rings. The fraction of sp³-hybridized carbons (Fsp3) is 0.214. The molecule has 88 valence electrons. The van der Waals surface area contributed by atoms with Gasteiger partial charge in [-0.25, -0.2) is 0 Å². The van der Waals surface area contributed by atoms with Crippen molar-refractivity contribution < 1.29 is 0 Å². The van der Waals surface area contributed by atoms with E-state index in [9.17, 15) is 4.79 Å². The van der Waals surface area contributed by atoms with Crippen molar-refractivity contribution in [3.8, 4) is 0 Å². The minimum atomic E-state index is 0.101. The first kappa shape index (κ1) is 12.1. The average molecular weight is 292 g/mol. The Hall–Kier alpha value is -1.35. The standard InChI is InChI=1S/C14H14BrNO/c1-11-3-2-9-16(14(11)17)10-8-12-4-6-13(15)7-5-12/h2-7,9H,8,10H2,1H3. The lowest BCUT2D eigenvalue weighted by Crippen LogP contribution is -2.22. The lowest BCUT2D eigenvalue weighted by Gasteiger charge is -2.06. The number of aryl methyl sites for hydroxylation is 3. The quantitative estimate of drug-likeness (QED) is 0.851. The molecule has 0 N–H and O–H groups in total. The van der Waals surface area contributed by atoms with E-state index in [1.807, 2.05) is 37.4 Å². The third-order valence-corrected chi connectivity index (χ3v) is 3.29. The van der Waals surface area contributed by atoms with Gasteiger partial charge in [-0.1, -0.05) is 34.1 Å². The highest BCUT2D eigenvalue weighted by Crippen LogP contribution is 2.11. The van der Waals surface area contributed by atoms with E-state index in [0.717, 1.165) is 23.0 Å². The van der Waals surface area contributed by atoms with E-state index >= 15 is 0 Å². The molecule has 2 nitrogen and oxygen atoms in total. The van der Waals surface area contributed by atoms with Crippen LogP contribution in [0.2, 0.25) is 0 Å². The summed E-state index contributed by atoms with van der Waals surface area (Å²) in [7, 11) is 0. The molecule has 0 unspecified atom stereocenters. The zero-order valence-corrected chi connectivity index (χ0v) is 11.3. The van der Waals surface area contributed by atoms with Gasteiger partial charge in [-0.15, -0.1) is 0 Å². The number of nitrogens with zero attached hydrogens (tertiary/aromatic N) is 1. The topological polar surface area (TPSA) is 22.0 Å². The largest absolute Gasteiger partial charge is 0.315 e. The lowest BCUT2D eigenvalue weighted by molar-refractivity contribution is 0.665. The second kappa shape index (κ2) is 5.32. The van der Waals surface area contributed by atoms with Gasteiger partial charge in [-0.2, -0.15) is 0 Å². The van der Waals surface area contributed by atoms with Gasteiger partial charge in [0.15, 0.2) is 0 Å². The number of pyridine rings is 1. The van der Waals surface area contributed by atoms with Crippen LogP contribution >= 0.6 is 15.9 Å². The Balaban J connectivity index is 2.10. The highest BCUT2D eigenvalue weighted by molar-refractivity contribution is 9.10. The summed E-state index contributed by atoms with van der Waals surface area (Å²) in [5, 5.41) is 0. The van der Waals surface area contributed by atoms with Crippen LogP contribution < -0.4 is 5.56 Å². The molecule has 0 aliphatic carbocycles. The van der Waals surface area contributed by atoms with Crippen LogP contribution in [-0.4, -0.2) is 4.57 Å². The molecule has 0 saturated carbocycles. The molecule has 17 heavy (non-hydrogen) atoms. The number of rotatable bonds is 3. The van der Waals surface area contributed by atoms with Gasteiger partial charge in [-0.3, -0.25) is 4.79 Å². The summed E-state index contributed by atoms with van der Waals surface area (Å²) in [5.41, 5.74) is 2.13. The van der Waals surface area contributed by atoms with Gasteiger partial charge in [0.2, 0.25) is 0 Å². The van der Waals surface area contributed by atoms with Crippen molar-refractivity contribution in [2.45, 2.75) is 19.9 Å². The van der Waals surface area contributed by atoms with Gasteiger partial charge in [0.05, 0.1) is 0 Å². The molecule has 0 fully saturated rings. The normalized spacial score (nSPS) is 10.5. The molecule has 0 amide bonds. The van der Waals surface area contributed by atoms with Crippen LogP contribution in [0.25, 0.3) is 0 Å². The minimum Gasteiger partial charge on any atom is -0.315 e. The summed E-state index contributed by atoms with van der Waals surface area (Å²) in [6.07, 6.45) is 2.71. The van der Waals surface area contributed by atoms with Crippen molar-refractivity contribution in [3.63, 3.8) is 0 Å².